The second kappa shape index (κ2) is 6.35. The maximum Gasteiger partial charge on any atom is 0.357 e. The topological polar surface area (TPSA) is 65.5 Å². The Bertz CT molecular complexity index is 473. The van der Waals surface area contributed by atoms with Crippen molar-refractivity contribution >= 4 is 23.5 Å². The minimum atomic E-state index is -0.689. The average Bonchev–Trinajstić information content (AvgIpc) is 2.28. The van der Waals surface area contributed by atoms with E-state index in [2.05, 4.69) is 4.98 Å². The molecule has 0 aliphatic rings. The van der Waals surface area contributed by atoms with Gasteiger partial charge in [-0.25, -0.2) is 14.6 Å². The number of carbonyl (C=O) groups is 2. The fraction of sp³-hybridized carbons (Fsp3) is 0.417. The quantitative estimate of drug-likeness (QED) is 0.787. The molecular formula is C12H14ClNO4. The predicted octanol–water partition coefficient (Wildman–Crippen LogP) is 2.40. The summed E-state index contributed by atoms with van der Waals surface area (Å²) in [6.07, 6.45) is 0. The lowest BCUT2D eigenvalue weighted by atomic mass is 10.1. The minimum absolute atomic E-state index is 0.0532. The average molecular weight is 272 g/mol. The zero-order chi connectivity index (χ0) is 13.7. The van der Waals surface area contributed by atoms with Crippen LogP contribution < -0.4 is 0 Å². The molecular weight excluding hydrogens is 258 g/mol. The minimum Gasteiger partial charge on any atom is -0.462 e. The summed E-state index contributed by atoms with van der Waals surface area (Å²) in [5.41, 5.74) is 0.360. The van der Waals surface area contributed by atoms with E-state index in [0.717, 1.165) is 0 Å². The van der Waals surface area contributed by atoms with Crippen molar-refractivity contribution in [2.24, 2.45) is 0 Å². The van der Waals surface area contributed by atoms with Crippen LogP contribution in [0.4, 0.5) is 0 Å². The molecule has 0 aromatic carbocycles. The fourth-order valence-corrected chi connectivity index (χ4v) is 1.70. The van der Waals surface area contributed by atoms with Gasteiger partial charge >= 0.3 is 11.9 Å². The van der Waals surface area contributed by atoms with Crippen molar-refractivity contribution in [2.75, 3.05) is 13.2 Å². The molecule has 18 heavy (non-hydrogen) atoms. The van der Waals surface area contributed by atoms with E-state index in [0.29, 0.717) is 5.69 Å². The first-order valence-electron chi connectivity index (χ1n) is 5.52. The van der Waals surface area contributed by atoms with Gasteiger partial charge in [0.05, 0.1) is 18.2 Å². The van der Waals surface area contributed by atoms with Crippen LogP contribution in [-0.4, -0.2) is 30.1 Å². The third kappa shape index (κ3) is 3.20. The van der Waals surface area contributed by atoms with Crippen LogP contribution in [0.1, 0.15) is 40.4 Å². The Kier molecular flexibility index (Phi) is 5.09. The number of halogens is 1. The molecule has 0 fully saturated rings. The summed E-state index contributed by atoms with van der Waals surface area (Å²) in [5.74, 6) is -1.37. The van der Waals surface area contributed by atoms with Gasteiger partial charge in [0, 0.05) is 5.69 Å². The molecule has 0 radical (unpaired) electrons. The molecule has 0 saturated heterocycles. The molecule has 0 amide bonds. The maximum atomic E-state index is 11.8. The highest BCUT2D eigenvalue weighted by molar-refractivity contribution is 6.34. The van der Waals surface area contributed by atoms with E-state index in [1.165, 1.54) is 6.07 Å². The second-order valence-corrected chi connectivity index (χ2v) is 3.82. The molecule has 0 N–H and O–H groups in total. The summed E-state index contributed by atoms with van der Waals surface area (Å²) >= 11 is 5.96. The van der Waals surface area contributed by atoms with Gasteiger partial charge in [-0.05, 0) is 26.8 Å². The monoisotopic (exact) mass is 271 g/mol. The van der Waals surface area contributed by atoms with Crippen LogP contribution in [0.3, 0.4) is 0 Å². The van der Waals surface area contributed by atoms with E-state index in [4.69, 9.17) is 21.1 Å². The fourth-order valence-electron chi connectivity index (χ4n) is 1.38. The highest BCUT2D eigenvalue weighted by atomic mass is 35.5. The Hall–Kier alpha value is -1.62. The van der Waals surface area contributed by atoms with E-state index in [1.54, 1.807) is 20.8 Å². The third-order valence-electron chi connectivity index (χ3n) is 2.05. The number of nitrogens with zero attached hydrogens (tertiary/aromatic N) is 1. The van der Waals surface area contributed by atoms with E-state index >= 15 is 0 Å². The lowest BCUT2D eigenvalue weighted by molar-refractivity contribution is 0.0473. The van der Waals surface area contributed by atoms with Crippen molar-refractivity contribution in [2.45, 2.75) is 20.8 Å². The maximum absolute atomic E-state index is 11.8. The zero-order valence-electron chi connectivity index (χ0n) is 10.4. The van der Waals surface area contributed by atoms with Gasteiger partial charge in [-0.3, -0.25) is 0 Å². The van der Waals surface area contributed by atoms with Crippen LogP contribution >= 0.6 is 11.6 Å². The van der Waals surface area contributed by atoms with Gasteiger partial charge < -0.3 is 9.47 Å². The number of pyridine rings is 1. The molecule has 1 heterocycles. The molecule has 5 nitrogen and oxygen atoms in total. The molecule has 1 aromatic heterocycles. The Morgan fingerprint density at radius 1 is 1.22 bits per heavy atom. The standard InChI is InChI=1S/C12H14ClNO4/c1-4-17-11(15)9-8(13)6-7(3)14-10(9)12(16)18-5-2/h6H,4-5H2,1-3H3. The van der Waals surface area contributed by atoms with Crippen LogP contribution in [0.5, 0.6) is 0 Å². The van der Waals surface area contributed by atoms with Crippen molar-refractivity contribution < 1.29 is 19.1 Å². The first-order chi connectivity index (χ1) is 8.51. The summed E-state index contributed by atoms with van der Waals surface area (Å²) in [4.78, 5) is 27.5. The van der Waals surface area contributed by atoms with Crippen molar-refractivity contribution in [1.29, 1.82) is 0 Å². The summed E-state index contributed by atoms with van der Waals surface area (Å²) in [7, 11) is 0. The Labute approximate surface area is 110 Å². The van der Waals surface area contributed by atoms with Crippen LogP contribution in [0, 0.1) is 6.92 Å². The molecule has 1 rings (SSSR count). The Morgan fingerprint density at radius 3 is 2.33 bits per heavy atom. The second-order valence-electron chi connectivity index (χ2n) is 3.41. The van der Waals surface area contributed by atoms with Crippen LogP contribution in [0.25, 0.3) is 0 Å². The number of esters is 2. The van der Waals surface area contributed by atoms with E-state index in [9.17, 15) is 9.59 Å². The molecule has 0 unspecified atom stereocenters. The number of aromatic nitrogens is 1. The summed E-state index contributed by atoms with van der Waals surface area (Å²) in [6, 6.07) is 1.50. The number of hydrogen-bond acceptors (Lipinski definition) is 5. The van der Waals surface area contributed by atoms with Crippen LogP contribution in [0.15, 0.2) is 6.07 Å². The van der Waals surface area contributed by atoms with Gasteiger partial charge in [0.2, 0.25) is 0 Å². The predicted molar refractivity (Wildman–Crippen MR) is 65.9 cm³/mol. The van der Waals surface area contributed by atoms with Crippen molar-refractivity contribution in [3.63, 3.8) is 0 Å². The van der Waals surface area contributed by atoms with E-state index in [-0.39, 0.29) is 29.5 Å². The lowest BCUT2D eigenvalue weighted by Crippen LogP contribution is -2.17. The molecule has 0 spiro atoms. The summed E-state index contributed by atoms with van der Waals surface area (Å²) in [6.45, 7) is 5.37. The number of aryl methyl sites for hydroxylation is 1. The first kappa shape index (κ1) is 14.4. The van der Waals surface area contributed by atoms with Crippen LogP contribution in [-0.2, 0) is 9.47 Å². The largest absolute Gasteiger partial charge is 0.462 e. The highest BCUT2D eigenvalue weighted by Crippen LogP contribution is 2.22. The number of ether oxygens (including phenoxy) is 2. The molecule has 0 saturated carbocycles. The van der Waals surface area contributed by atoms with Gasteiger partial charge in [-0.1, -0.05) is 11.6 Å². The summed E-state index contributed by atoms with van der Waals surface area (Å²) < 4.78 is 9.69. The van der Waals surface area contributed by atoms with Gasteiger partial charge in [0.25, 0.3) is 0 Å². The number of rotatable bonds is 4. The Morgan fingerprint density at radius 2 is 1.78 bits per heavy atom. The van der Waals surface area contributed by atoms with Gasteiger partial charge in [0.1, 0.15) is 5.56 Å². The molecule has 0 aliphatic heterocycles. The SMILES string of the molecule is CCOC(=O)c1nc(C)cc(Cl)c1C(=O)OCC. The smallest absolute Gasteiger partial charge is 0.357 e. The molecule has 0 aliphatic carbocycles. The van der Waals surface area contributed by atoms with Gasteiger partial charge in [-0.2, -0.15) is 0 Å². The molecule has 0 atom stereocenters. The normalized spacial score (nSPS) is 10.0. The lowest BCUT2D eigenvalue weighted by Gasteiger charge is -2.10. The molecule has 1 aromatic rings. The van der Waals surface area contributed by atoms with Crippen molar-refractivity contribution in [1.82, 2.24) is 4.98 Å². The van der Waals surface area contributed by atoms with Crippen LogP contribution in [0.2, 0.25) is 5.02 Å². The van der Waals surface area contributed by atoms with Gasteiger partial charge in [0.15, 0.2) is 5.69 Å². The van der Waals surface area contributed by atoms with Crippen molar-refractivity contribution in [3.8, 4) is 0 Å². The van der Waals surface area contributed by atoms with E-state index in [1.807, 2.05) is 0 Å². The highest BCUT2D eigenvalue weighted by Gasteiger charge is 2.24. The molecule has 0 bridgehead atoms. The van der Waals surface area contributed by atoms with Crippen molar-refractivity contribution in [3.05, 3.63) is 28.0 Å². The zero-order valence-corrected chi connectivity index (χ0v) is 11.2. The van der Waals surface area contributed by atoms with Gasteiger partial charge in [-0.15, -0.1) is 0 Å². The molecule has 98 valence electrons. The Balaban J connectivity index is 3.29. The number of carbonyl (C=O) groups excluding carboxylic acids is 2. The number of hydrogen-bond donors (Lipinski definition) is 0. The third-order valence-corrected chi connectivity index (χ3v) is 2.35. The summed E-state index contributed by atoms with van der Waals surface area (Å²) in [5, 5.41) is 0.129. The first-order valence-corrected chi connectivity index (χ1v) is 5.90. The van der Waals surface area contributed by atoms with E-state index < -0.39 is 11.9 Å². The molecule has 6 heteroatoms.